The lowest BCUT2D eigenvalue weighted by Crippen LogP contribution is -1.91. The zero-order valence-corrected chi connectivity index (χ0v) is 9.80. The largest absolute Gasteiger partial charge is 0.306 e. The minimum absolute atomic E-state index is 0.586. The van der Waals surface area contributed by atoms with Crippen LogP contribution in [0.15, 0.2) is 70.8 Å². The van der Waals surface area contributed by atoms with Crippen molar-refractivity contribution < 1.29 is 4.21 Å². The van der Waals surface area contributed by atoms with Crippen LogP contribution in [0.3, 0.4) is 0 Å². The summed E-state index contributed by atoms with van der Waals surface area (Å²) in [6.07, 6.45) is 3.70. The summed E-state index contributed by atoms with van der Waals surface area (Å²) in [7, 11) is -1.21. The highest BCUT2D eigenvalue weighted by Crippen LogP contribution is 2.15. The number of aromatic nitrogens is 2. The van der Waals surface area contributed by atoms with Gasteiger partial charge in [0.2, 0.25) is 0 Å². The first-order chi connectivity index (χ1) is 8.34. The van der Waals surface area contributed by atoms with E-state index in [0.29, 0.717) is 5.03 Å². The van der Waals surface area contributed by atoms with Crippen LogP contribution in [0.1, 0.15) is 0 Å². The Labute approximate surface area is 101 Å². The number of rotatable bonds is 2. The molecule has 1 atom stereocenters. The number of hydrogen-bond acceptors (Lipinski definition) is 2. The van der Waals surface area contributed by atoms with Gasteiger partial charge >= 0.3 is 0 Å². The highest BCUT2D eigenvalue weighted by molar-refractivity contribution is 7.85. The van der Waals surface area contributed by atoms with Crippen molar-refractivity contribution in [3.05, 3.63) is 60.9 Å². The van der Waals surface area contributed by atoms with Gasteiger partial charge in [-0.25, -0.2) is 9.19 Å². The van der Waals surface area contributed by atoms with E-state index in [0.717, 1.165) is 10.5 Å². The molecule has 0 saturated carbocycles. The van der Waals surface area contributed by atoms with Crippen molar-refractivity contribution >= 4 is 16.4 Å². The van der Waals surface area contributed by atoms with E-state index in [1.807, 2.05) is 59.1 Å². The number of hydrogen-bond donors (Lipinski definition) is 0. The highest BCUT2D eigenvalue weighted by atomic mass is 32.2. The van der Waals surface area contributed by atoms with Crippen molar-refractivity contribution in [3.8, 4) is 0 Å². The molecule has 3 nitrogen and oxygen atoms in total. The number of imidazole rings is 1. The summed E-state index contributed by atoms with van der Waals surface area (Å²) < 4.78 is 14.1. The molecule has 4 heteroatoms. The van der Waals surface area contributed by atoms with Gasteiger partial charge in [0.15, 0.2) is 5.03 Å². The summed E-state index contributed by atoms with van der Waals surface area (Å²) in [6.45, 7) is 0. The Bertz CT molecular complexity index is 643. The number of benzene rings is 1. The van der Waals surface area contributed by atoms with Gasteiger partial charge < -0.3 is 4.40 Å². The third kappa shape index (κ3) is 1.87. The van der Waals surface area contributed by atoms with Crippen LogP contribution in [-0.2, 0) is 10.8 Å². The van der Waals surface area contributed by atoms with Gasteiger partial charge in [0, 0.05) is 17.3 Å². The molecule has 0 aliphatic rings. The fraction of sp³-hybridized carbons (Fsp3) is 0. The van der Waals surface area contributed by atoms with E-state index >= 15 is 0 Å². The molecule has 0 amide bonds. The summed E-state index contributed by atoms with van der Waals surface area (Å²) in [5.74, 6) is 0. The Balaban J connectivity index is 2.07. The molecule has 84 valence electrons. The van der Waals surface area contributed by atoms with Gasteiger partial charge in [-0.15, -0.1) is 0 Å². The van der Waals surface area contributed by atoms with Gasteiger partial charge in [0.05, 0.1) is 0 Å². The molecule has 3 rings (SSSR count). The molecule has 0 bridgehead atoms. The molecule has 0 aliphatic heterocycles. The predicted molar refractivity (Wildman–Crippen MR) is 66.3 cm³/mol. The first-order valence-electron chi connectivity index (χ1n) is 5.25. The predicted octanol–water partition coefficient (Wildman–Crippen LogP) is 2.50. The van der Waals surface area contributed by atoms with E-state index < -0.39 is 10.8 Å². The topological polar surface area (TPSA) is 34.4 Å². The quantitative estimate of drug-likeness (QED) is 0.692. The minimum Gasteiger partial charge on any atom is -0.306 e. The molecule has 1 unspecified atom stereocenters. The molecule has 2 aromatic heterocycles. The fourth-order valence-electron chi connectivity index (χ4n) is 1.67. The molecule has 17 heavy (non-hydrogen) atoms. The van der Waals surface area contributed by atoms with Crippen molar-refractivity contribution in [1.29, 1.82) is 0 Å². The standard InChI is InChI=1S/C13H10N2OS/c16-17(11-6-2-1-3-7-11)13-10-15-9-5-4-8-12(15)14-13/h1-10H. The third-order valence-electron chi connectivity index (χ3n) is 2.49. The van der Waals surface area contributed by atoms with Gasteiger partial charge in [-0.2, -0.15) is 0 Å². The Morgan fingerprint density at radius 2 is 1.76 bits per heavy atom. The molecule has 0 saturated heterocycles. The normalized spacial score (nSPS) is 12.7. The van der Waals surface area contributed by atoms with E-state index in [2.05, 4.69) is 4.98 Å². The molecular weight excluding hydrogens is 232 g/mol. The molecule has 0 fully saturated rings. The molecule has 2 heterocycles. The fourth-order valence-corrected chi connectivity index (χ4v) is 2.70. The summed E-state index contributed by atoms with van der Waals surface area (Å²) >= 11 is 0. The highest BCUT2D eigenvalue weighted by Gasteiger charge is 2.10. The Kier molecular flexibility index (Phi) is 2.49. The van der Waals surface area contributed by atoms with Crippen LogP contribution >= 0.6 is 0 Å². The van der Waals surface area contributed by atoms with Crippen LogP contribution in [0.5, 0.6) is 0 Å². The molecule has 0 N–H and O–H groups in total. The zero-order valence-electron chi connectivity index (χ0n) is 8.98. The van der Waals surface area contributed by atoms with E-state index in [-0.39, 0.29) is 0 Å². The lowest BCUT2D eigenvalue weighted by molar-refractivity contribution is 0.681. The summed E-state index contributed by atoms with van der Waals surface area (Å²) in [6, 6.07) is 15.1. The maximum atomic E-state index is 12.3. The number of nitrogens with zero attached hydrogens (tertiary/aromatic N) is 2. The van der Waals surface area contributed by atoms with Crippen LogP contribution in [0, 0.1) is 0 Å². The van der Waals surface area contributed by atoms with Crippen molar-refractivity contribution in [3.63, 3.8) is 0 Å². The average molecular weight is 242 g/mol. The molecule has 0 spiro atoms. The number of pyridine rings is 1. The van der Waals surface area contributed by atoms with Gasteiger partial charge in [-0.1, -0.05) is 24.3 Å². The second-order valence-electron chi connectivity index (χ2n) is 3.63. The van der Waals surface area contributed by atoms with Crippen molar-refractivity contribution in [1.82, 2.24) is 9.38 Å². The average Bonchev–Trinajstić information content (AvgIpc) is 2.82. The smallest absolute Gasteiger partial charge is 0.151 e. The van der Waals surface area contributed by atoms with E-state index in [9.17, 15) is 4.21 Å². The van der Waals surface area contributed by atoms with Gasteiger partial charge in [0.25, 0.3) is 0 Å². The molecule has 0 radical (unpaired) electrons. The minimum atomic E-state index is -1.21. The second-order valence-corrected chi connectivity index (χ2v) is 5.05. The van der Waals surface area contributed by atoms with Crippen LogP contribution in [0.25, 0.3) is 5.65 Å². The van der Waals surface area contributed by atoms with E-state index in [1.54, 1.807) is 6.20 Å². The lowest BCUT2D eigenvalue weighted by atomic mass is 10.4. The molecule has 0 aliphatic carbocycles. The first-order valence-corrected chi connectivity index (χ1v) is 6.40. The Morgan fingerprint density at radius 1 is 1.00 bits per heavy atom. The molecule has 3 aromatic rings. The Hall–Kier alpha value is -1.94. The van der Waals surface area contributed by atoms with Crippen LogP contribution in [0.2, 0.25) is 0 Å². The van der Waals surface area contributed by atoms with Crippen LogP contribution in [-0.4, -0.2) is 13.6 Å². The van der Waals surface area contributed by atoms with Crippen molar-refractivity contribution in [2.75, 3.05) is 0 Å². The first kappa shape index (κ1) is 10.2. The van der Waals surface area contributed by atoms with Crippen molar-refractivity contribution in [2.24, 2.45) is 0 Å². The number of fused-ring (bicyclic) bond motifs is 1. The SMILES string of the molecule is O=S(c1ccccc1)c1cn2ccccc2n1. The van der Waals surface area contributed by atoms with E-state index in [1.165, 1.54) is 0 Å². The zero-order chi connectivity index (χ0) is 11.7. The summed E-state index contributed by atoms with van der Waals surface area (Å²) in [4.78, 5) is 5.13. The summed E-state index contributed by atoms with van der Waals surface area (Å²) in [5.41, 5.74) is 0.812. The lowest BCUT2D eigenvalue weighted by Gasteiger charge is -1.96. The van der Waals surface area contributed by atoms with E-state index in [4.69, 9.17) is 0 Å². The Morgan fingerprint density at radius 3 is 2.53 bits per heavy atom. The van der Waals surface area contributed by atoms with Gasteiger partial charge in [0.1, 0.15) is 16.4 Å². The third-order valence-corrected chi connectivity index (χ3v) is 3.77. The van der Waals surface area contributed by atoms with Crippen LogP contribution < -0.4 is 0 Å². The molecule has 1 aromatic carbocycles. The van der Waals surface area contributed by atoms with Gasteiger partial charge in [-0.3, -0.25) is 0 Å². The maximum absolute atomic E-state index is 12.3. The summed E-state index contributed by atoms with van der Waals surface area (Å²) in [5, 5.41) is 0.586. The van der Waals surface area contributed by atoms with Crippen molar-refractivity contribution in [2.45, 2.75) is 9.92 Å². The maximum Gasteiger partial charge on any atom is 0.151 e. The molecular formula is C13H10N2OS. The monoisotopic (exact) mass is 242 g/mol. The second kappa shape index (κ2) is 4.14. The van der Waals surface area contributed by atoms with Crippen LogP contribution in [0.4, 0.5) is 0 Å². The van der Waals surface area contributed by atoms with Gasteiger partial charge in [-0.05, 0) is 24.3 Å².